The number of nitrogens with one attached hydrogen (secondary N) is 2. The summed E-state index contributed by atoms with van der Waals surface area (Å²) in [4.78, 5) is 34.8. The van der Waals surface area contributed by atoms with Crippen molar-refractivity contribution in [2.45, 2.75) is 31.8 Å². The molecule has 0 spiro atoms. The van der Waals surface area contributed by atoms with Gasteiger partial charge in [0.05, 0.1) is 10.7 Å². The Kier molecular flexibility index (Phi) is 7.39. The Morgan fingerprint density at radius 1 is 1.14 bits per heavy atom. The lowest BCUT2D eigenvalue weighted by molar-refractivity contribution is -0.384. The molecule has 2 aromatic carbocycles. The highest BCUT2D eigenvalue weighted by Gasteiger charge is 2.17. The average molecular weight is 403 g/mol. The molecule has 0 saturated carbocycles. The number of nitrogens with zero attached hydrogens (tertiary/aromatic N) is 1. The lowest BCUT2D eigenvalue weighted by atomic mass is 10.1. The van der Waals surface area contributed by atoms with E-state index in [9.17, 15) is 19.7 Å². The van der Waals surface area contributed by atoms with Crippen LogP contribution in [0, 0.1) is 24.0 Å². The third-order valence-corrected chi connectivity index (χ3v) is 4.98. The van der Waals surface area contributed by atoms with Crippen molar-refractivity contribution in [2.24, 2.45) is 0 Å². The highest BCUT2D eigenvalue weighted by Crippen LogP contribution is 2.22. The molecule has 0 radical (unpaired) electrons. The lowest BCUT2D eigenvalue weighted by Crippen LogP contribution is -2.47. The summed E-state index contributed by atoms with van der Waals surface area (Å²) in [5.74, 6) is -0.224. The highest BCUT2D eigenvalue weighted by atomic mass is 32.2. The van der Waals surface area contributed by atoms with Crippen LogP contribution in [0.2, 0.25) is 0 Å². The molecule has 1 atom stereocenters. The maximum absolute atomic E-state index is 12.1. The van der Waals surface area contributed by atoms with Crippen LogP contribution in [0.25, 0.3) is 0 Å². The minimum atomic E-state index is -0.789. The van der Waals surface area contributed by atoms with E-state index in [4.69, 9.17) is 4.74 Å². The number of nitro groups is 1. The zero-order valence-electron chi connectivity index (χ0n) is 15.7. The number of aryl methyl sites for hydroxylation is 1. The van der Waals surface area contributed by atoms with Gasteiger partial charge in [0.2, 0.25) is 5.91 Å². The van der Waals surface area contributed by atoms with Gasteiger partial charge < -0.3 is 4.74 Å². The summed E-state index contributed by atoms with van der Waals surface area (Å²) in [6.45, 7) is 5.46. The second-order valence-corrected chi connectivity index (χ2v) is 7.08. The van der Waals surface area contributed by atoms with Crippen LogP contribution in [-0.4, -0.2) is 28.6 Å². The molecule has 0 aliphatic rings. The first-order chi connectivity index (χ1) is 13.3. The SMILES string of the molecule is Cc1cccc(O[C@H](C)C(=O)NNC(=O)CSc2ccc([N+](=O)[O-])cc2)c1C. The number of nitro benzene ring substituents is 1. The number of hydrazine groups is 1. The number of carbonyl (C=O) groups is 2. The maximum atomic E-state index is 12.1. The summed E-state index contributed by atoms with van der Waals surface area (Å²) in [5.41, 5.74) is 6.65. The predicted molar refractivity (Wildman–Crippen MR) is 106 cm³/mol. The number of rotatable bonds is 7. The van der Waals surface area contributed by atoms with Gasteiger partial charge in [0.1, 0.15) is 5.75 Å². The van der Waals surface area contributed by atoms with Gasteiger partial charge in [-0.1, -0.05) is 12.1 Å². The molecule has 0 aliphatic heterocycles. The van der Waals surface area contributed by atoms with Gasteiger partial charge in [-0.25, -0.2) is 0 Å². The number of hydrogen-bond donors (Lipinski definition) is 2. The molecule has 0 aromatic heterocycles. The fourth-order valence-electron chi connectivity index (χ4n) is 2.18. The van der Waals surface area contributed by atoms with Crippen molar-refractivity contribution in [3.63, 3.8) is 0 Å². The number of ether oxygens (including phenoxy) is 1. The van der Waals surface area contributed by atoms with Gasteiger partial charge in [-0.3, -0.25) is 30.6 Å². The molecule has 0 bridgehead atoms. The van der Waals surface area contributed by atoms with E-state index in [1.54, 1.807) is 25.1 Å². The van der Waals surface area contributed by atoms with E-state index in [1.165, 1.54) is 23.9 Å². The fraction of sp³-hybridized carbons (Fsp3) is 0.263. The molecule has 0 heterocycles. The fourth-order valence-corrected chi connectivity index (χ4v) is 2.88. The summed E-state index contributed by atoms with van der Waals surface area (Å²) in [7, 11) is 0. The van der Waals surface area contributed by atoms with Crippen molar-refractivity contribution < 1.29 is 19.2 Å². The Balaban J connectivity index is 1.77. The third-order valence-electron chi connectivity index (χ3n) is 3.97. The van der Waals surface area contributed by atoms with Gasteiger partial charge in [-0.2, -0.15) is 0 Å². The van der Waals surface area contributed by atoms with E-state index < -0.39 is 22.8 Å². The first kappa shape index (κ1) is 21.2. The zero-order valence-corrected chi connectivity index (χ0v) is 16.5. The highest BCUT2D eigenvalue weighted by molar-refractivity contribution is 8.00. The molecule has 28 heavy (non-hydrogen) atoms. The first-order valence-electron chi connectivity index (χ1n) is 8.46. The normalized spacial score (nSPS) is 11.4. The smallest absolute Gasteiger partial charge is 0.279 e. The number of thioether (sulfide) groups is 1. The van der Waals surface area contributed by atoms with Crippen LogP contribution in [0.15, 0.2) is 47.4 Å². The molecular formula is C19H21N3O5S. The van der Waals surface area contributed by atoms with E-state index in [0.29, 0.717) is 10.6 Å². The van der Waals surface area contributed by atoms with Crippen molar-refractivity contribution >= 4 is 29.3 Å². The molecule has 2 N–H and O–H groups in total. The first-order valence-corrected chi connectivity index (χ1v) is 9.45. The Morgan fingerprint density at radius 2 is 1.82 bits per heavy atom. The molecule has 2 amide bonds. The summed E-state index contributed by atoms with van der Waals surface area (Å²) < 4.78 is 5.66. The van der Waals surface area contributed by atoms with Gasteiger partial charge in [-0.15, -0.1) is 11.8 Å². The zero-order chi connectivity index (χ0) is 20.7. The quantitative estimate of drug-likeness (QED) is 0.418. The van der Waals surface area contributed by atoms with Crippen LogP contribution >= 0.6 is 11.8 Å². The molecule has 2 aromatic rings. The Hall–Kier alpha value is -3.07. The van der Waals surface area contributed by atoms with Crippen LogP contribution in [0.4, 0.5) is 5.69 Å². The number of carbonyl (C=O) groups excluding carboxylic acids is 2. The topological polar surface area (TPSA) is 111 Å². The van der Waals surface area contributed by atoms with Crippen molar-refractivity contribution in [2.75, 3.05) is 5.75 Å². The standard InChI is InChI=1S/C19H21N3O5S/c1-12-5-4-6-17(13(12)2)27-14(3)19(24)21-20-18(23)11-28-16-9-7-15(8-10-16)22(25)26/h4-10,14H,11H2,1-3H3,(H,20,23)(H,21,24)/t14-/m1/s1. The monoisotopic (exact) mass is 403 g/mol. The largest absolute Gasteiger partial charge is 0.481 e. The van der Waals surface area contributed by atoms with E-state index in [1.807, 2.05) is 26.0 Å². The van der Waals surface area contributed by atoms with E-state index in [0.717, 1.165) is 11.1 Å². The van der Waals surface area contributed by atoms with Crippen molar-refractivity contribution in [1.82, 2.24) is 10.9 Å². The number of benzene rings is 2. The molecule has 0 aliphatic carbocycles. The minimum absolute atomic E-state index is 0.0149. The average Bonchev–Trinajstić information content (AvgIpc) is 2.68. The van der Waals surface area contributed by atoms with Crippen molar-refractivity contribution in [1.29, 1.82) is 0 Å². The molecule has 148 valence electrons. The predicted octanol–water partition coefficient (Wildman–Crippen LogP) is 2.92. The third kappa shape index (κ3) is 5.98. The van der Waals surface area contributed by atoms with Crippen LogP contribution in [0.3, 0.4) is 0 Å². The second-order valence-electron chi connectivity index (χ2n) is 6.04. The van der Waals surface area contributed by atoms with Gasteiger partial charge in [0.15, 0.2) is 6.10 Å². The molecular weight excluding hydrogens is 382 g/mol. The second kappa shape index (κ2) is 9.75. The molecule has 0 saturated heterocycles. The summed E-state index contributed by atoms with van der Waals surface area (Å²) in [5, 5.41) is 10.6. The van der Waals surface area contributed by atoms with Gasteiger partial charge in [0.25, 0.3) is 11.6 Å². The molecule has 2 rings (SSSR count). The molecule has 0 unspecified atom stereocenters. The number of hydrogen-bond acceptors (Lipinski definition) is 6. The Bertz CT molecular complexity index is 870. The minimum Gasteiger partial charge on any atom is -0.481 e. The van der Waals surface area contributed by atoms with Crippen LogP contribution < -0.4 is 15.6 Å². The van der Waals surface area contributed by atoms with Gasteiger partial charge >= 0.3 is 0 Å². The molecule has 9 heteroatoms. The summed E-state index contributed by atoms with van der Waals surface area (Å²) in [6.07, 6.45) is -0.789. The molecule has 0 fully saturated rings. The summed E-state index contributed by atoms with van der Waals surface area (Å²) >= 11 is 1.20. The van der Waals surface area contributed by atoms with Crippen LogP contribution in [0.5, 0.6) is 5.75 Å². The van der Waals surface area contributed by atoms with Gasteiger partial charge in [0, 0.05) is 17.0 Å². The lowest BCUT2D eigenvalue weighted by Gasteiger charge is -2.17. The molecule has 8 nitrogen and oxygen atoms in total. The maximum Gasteiger partial charge on any atom is 0.279 e. The van der Waals surface area contributed by atoms with Crippen LogP contribution in [-0.2, 0) is 9.59 Å². The summed E-state index contributed by atoms with van der Waals surface area (Å²) in [6, 6.07) is 11.5. The van der Waals surface area contributed by atoms with Crippen molar-refractivity contribution in [3.05, 3.63) is 63.7 Å². The Labute approximate surface area is 166 Å². The van der Waals surface area contributed by atoms with E-state index in [2.05, 4.69) is 10.9 Å². The van der Waals surface area contributed by atoms with Crippen molar-refractivity contribution in [3.8, 4) is 5.75 Å². The number of amides is 2. The van der Waals surface area contributed by atoms with Crippen LogP contribution in [0.1, 0.15) is 18.1 Å². The van der Waals surface area contributed by atoms with E-state index in [-0.39, 0.29) is 11.4 Å². The van der Waals surface area contributed by atoms with Gasteiger partial charge in [-0.05, 0) is 50.1 Å². The Morgan fingerprint density at radius 3 is 2.46 bits per heavy atom. The number of non-ortho nitro benzene ring substituents is 1. The van der Waals surface area contributed by atoms with E-state index >= 15 is 0 Å².